The minimum Gasteiger partial charge on any atom is -0.338 e. The highest BCUT2D eigenvalue weighted by Gasteiger charge is 2.20. The number of carbonyl (C=O) groups is 3. The minimum atomic E-state index is -0.676. The molecular formula is C31H29F2N7O3. The van der Waals surface area contributed by atoms with Gasteiger partial charge in [0.1, 0.15) is 12.1 Å². The maximum atomic E-state index is 14.5. The summed E-state index contributed by atoms with van der Waals surface area (Å²) in [6, 6.07) is 18.8. The van der Waals surface area contributed by atoms with Crippen molar-refractivity contribution in [3.8, 4) is 0 Å². The van der Waals surface area contributed by atoms with Crippen LogP contribution in [0.1, 0.15) is 40.0 Å². The van der Waals surface area contributed by atoms with Crippen molar-refractivity contribution in [1.82, 2.24) is 20.4 Å². The molecule has 0 atom stereocenters. The maximum Gasteiger partial charge on any atom is 0.265 e. The summed E-state index contributed by atoms with van der Waals surface area (Å²) in [4.78, 5) is 43.9. The summed E-state index contributed by atoms with van der Waals surface area (Å²) in [5.74, 6) is -1.69. The fraction of sp³-hybridized carbons (Fsp3) is 0.194. The van der Waals surface area contributed by atoms with Crippen LogP contribution >= 0.6 is 0 Å². The lowest BCUT2D eigenvalue weighted by atomic mass is 9.95. The van der Waals surface area contributed by atoms with E-state index in [1.165, 1.54) is 18.2 Å². The Labute approximate surface area is 246 Å². The van der Waals surface area contributed by atoms with E-state index in [2.05, 4.69) is 31.3 Å². The number of aromatic nitrogens is 2. The van der Waals surface area contributed by atoms with Gasteiger partial charge in [0, 0.05) is 42.1 Å². The number of piperidine rings is 1. The number of hydrazine groups is 1. The number of anilines is 5. The van der Waals surface area contributed by atoms with Crippen LogP contribution in [0, 0.1) is 17.6 Å². The molecule has 0 saturated carbocycles. The number of nitrogens with zero attached hydrogens (tertiary/aromatic N) is 3. The number of hydrogen-bond donors (Lipinski definition) is 4. The molecule has 1 aromatic heterocycles. The number of nitrogens with one attached hydrogen (secondary N) is 4. The first-order chi connectivity index (χ1) is 20.9. The van der Waals surface area contributed by atoms with Crippen LogP contribution in [0.3, 0.4) is 0 Å². The molecule has 2 amide bonds. The molecule has 1 aliphatic rings. The number of amides is 2. The van der Waals surface area contributed by atoms with Gasteiger partial charge in [-0.2, -0.15) is 4.98 Å². The number of aldehydes is 1. The smallest absolute Gasteiger partial charge is 0.265 e. The van der Waals surface area contributed by atoms with Gasteiger partial charge in [-0.15, -0.1) is 0 Å². The molecule has 0 aliphatic carbocycles. The summed E-state index contributed by atoms with van der Waals surface area (Å²) < 4.78 is 28.4. The average molecular weight is 586 g/mol. The molecule has 1 saturated heterocycles. The van der Waals surface area contributed by atoms with E-state index in [9.17, 15) is 23.2 Å². The molecule has 0 spiro atoms. The second-order valence-electron chi connectivity index (χ2n) is 10.0. The number of halogens is 2. The van der Waals surface area contributed by atoms with Crippen LogP contribution in [0.4, 0.5) is 37.6 Å². The van der Waals surface area contributed by atoms with Gasteiger partial charge in [-0.05, 0) is 79.4 Å². The van der Waals surface area contributed by atoms with Crippen molar-refractivity contribution in [3.05, 3.63) is 102 Å². The molecule has 10 nitrogen and oxygen atoms in total. The zero-order chi connectivity index (χ0) is 30.2. The van der Waals surface area contributed by atoms with Gasteiger partial charge in [-0.1, -0.05) is 12.1 Å². The molecule has 2 heterocycles. The second-order valence-corrected chi connectivity index (χ2v) is 10.0. The Kier molecular flexibility index (Phi) is 9.27. The van der Waals surface area contributed by atoms with Gasteiger partial charge in [0.05, 0.1) is 11.8 Å². The van der Waals surface area contributed by atoms with Gasteiger partial charge in [-0.25, -0.2) is 18.8 Å². The molecule has 1 aliphatic heterocycles. The number of hydrogen-bond acceptors (Lipinski definition) is 8. The number of benzene rings is 3. The van der Waals surface area contributed by atoms with Gasteiger partial charge < -0.3 is 20.7 Å². The van der Waals surface area contributed by atoms with Crippen LogP contribution in [-0.2, 0) is 4.79 Å². The Morgan fingerprint density at radius 2 is 1.49 bits per heavy atom. The number of rotatable bonds is 10. The Hall–Kier alpha value is -5.23. The van der Waals surface area contributed by atoms with Crippen LogP contribution in [0.15, 0.2) is 79.0 Å². The third-order valence-corrected chi connectivity index (χ3v) is 6.98. The molecule has 3 aromatic carbocycles. The molecule has 0 bridgehead atoms. The lowest BCUT2D eigenvalue weighted by molar-refractivity contribution is -0.109. The van der Waals surface area contributed by atoms with E-state index in [-0.39, 0.29) is 23.2 Å². The first-order valence-corrected chi connectivity index (χ1v) is 13.7. The molecule has 220 valence electrons. The Morgan fingerprint density at radius 1 is 0.837 bits per heavy atom. The quantitative estimate of drug-likeness (QED) is 0.181. The lowest BCUT2D eigenvalue weighted by Gasteiger charge is -2.31. The van der Waals surface area contributed by atoms with E-state index in [1.54, 1.807) is 54.6 Å². The molecular weight excluding hydrogens is 556 g/mol. The molecule has 0 unspecified atom stereocenters. The molecule has 5 rings (SSSR count). The predicted octanol–water partition coefficient (Wildman–Crippen LogP) is 5.44. The van der Waals surface area contributed by atoms with Gasteiger partial charge in [0.15, 0.2) is 11.6 Å². The average Bonchev–Trinajstić information content (AvgIpc) is 3.01. The molecule has 1 fully saturated rings. The third kappa shape index (κ3) is 7.74. The summed E-state index contributed by atoms with van der Waals surface area (Å²) in [5, 5.41) is 10.4. The highest BCUT2D eigenvalue weighted by Crippen LogP contribution is 2.23. The molecule has 0 radical (unpaired) electrons. The fourth-order valence-electron chi connectivity index (χ4n) is 4.59. The Morgan fingerprint density at radius 3 is 2.19 bits per heavy atom. The first kappa shape index (κ1) is 29.3. The first-order valence-electron chi connectivity index (χ1n) is 13.7. The van der Waals surface area contributed by atoms with Crippen molar-refractivity contribution in [2.24, 2.45) is 5.92 Å². The van der Waals surface area contributed by atoms with Crippen LogP contribution < -0.4 is 21.4 Å². The van der Waals surface area contributed by atoms with Crippen molar-refractivity contribution in [2.75, 3.05) is 29.0 Å². The van der Waals surface area contributed by atoms with E-state index >= 15 is 0 Å². The summed E-state index contributed by atoms with van der Waals surface area (Å²) in [6.45, 7) is 1.39. The zero-order valence-corrected chi connectivity index (χ0v) is 23.0. The van der Waals surface area contributed by atoms with Gasteiger partial charge in [0.25, 0.3) is 11.8 Å². The van der Waals surface area contributed by atoms with E-state index in [0.717, 1.165) is 25.3 Å². The van der Waals surface area contributed by atoms with Crippen LogP contribution in [0.2, 0.25) is 0 Å². The Bertz CT molecular complexity index is 1590. The Balaban J connectivity index is 1.16. The van der Waals surface area contributed by atoms with Gasteiger partial charge in [-0.3, -0.25) is 15.0 Å². The van der Waals surface area contributed by atoms with Crippen molar-refractivity contribution in [1.29, 1.82) is 0 Å². The highest BCUT2D eigenvalue weighted by molar-refractivity contribution is 6.04. The van der Waals surface area contributed by atoms with E-state index < -0.39 is 17.5 Å². The summed E-state index contributed by atoms with van der Waals surface area (Å²) in [7, 11) is 0. The summed E-state index contributed by atoms with van der Waals surface area (Å²) >= 11 is 0. The van der Waals surface area contributed by atoms with Crippen LogP contribution in [-0.4, -0.2) is 46.2 Å². The van der Waals surface area contributed by atoms with Crippen LogP contribution in [0.25, 0.3) is 0 Å². The maximum absolute atomic E-state index is 14.5. The topological polar surface area (TPSA) is 128 Å². The number of carbonyl (C=O) groups excluding carboxylic acids is 3. The second kappa shape index (κ2) is 13.6. The van der Waals surface area contributed by atoms with Crippen molar-refractivity contribution < 1.29 is 23.2 Å². The molecule has 12 heteroatoms. The highest BCUT2D eigenvalue weighted by atomic mass is 19.1. The van der Waals surface area contributed by atoms with E-state index in [1.807, 2.05) is 5.01 Å². The third-order valence-electron chi connectivity index (χ3n) is 6.98. The summed E-state index contributed by atoms with van der Waals surface area (Å²) in [6.07, 6.45) is 4.25. The normalized spacial score (nSPS) is 13.6. The minimum absolute atomic E-state index is 0.0750. The van der Waals surface area contributed by atoms with Gasteiger partial charge >= 0.3 is 0 Å². The van der Waals surface area contributed by atoms with E-state index in [0.29, 0.717) is 48.1 Å². The van der Waals surface area contributed by atoms with Crippen molar-refractivity contribution in [3.63, 3.8) is 0 Å². The van der Waals surface area contributed by atoms with Gasteiger partial charge in [0.2, 0.25) is 5.95 Å². The summed E-state index contributed by atoms with van der Waals surface area (Å²) in [5.41, 5.74) is 4.82. The van der Waals surface area contributed by atoms with E-state index in [4.69, 9.17) is 0 Å². The van der Waals surface area contributed by atoms with Crippen LogP contribution in [0.5, 0.6) is 0 Å². The lowest BCUT2D eigenvalue weighted by Crippen LogP contribution is -2.46. The SMILES string of the molecule is O=CCC1CCN(NC(=O)c2ccc(Nc3ncc(F)c(Nc4ccc(NC(=O)c5ccccc5F)cc4)n3)cc2)CC1. The van der Waals surface area contributed by atoms with Crippen molar-refractivity contribution >= 4 is 46.9 Å². The molecule has 4 aromatic rings. The monoisotopic (exact) mass is 585 g/mol. The van der Waals surface area contributed by atoms with Crippen molar-refractivity contribution in [2.45, 2.75) is 19.3 Å². The predicted molar refractivity (Wildman–Crippen MR) is 158 cm³/mol. The fourth-order valence-corrected chi connectivity index (χ4v) is 4.59. The zero-order valence-electron chi connectivity index (χ0n) is 23.0. The standard InChI is InChI=1S/C31H29F2N7O3/c32-26-4-2-1-3-25(26)30(43)36-23-11-9-22(10-12-23)35-28-27(33)19-34-31(38-28)37-24-7-5-21(6-8-24)29(42)39-40-16-13-20(14-17-40)15-18-41/h1-12,18-20H,13-17H2,(H,36,43)(H,39,42)(H2,34,35,37,38). The molecule has 4 N–H and O–H groups in total. The molecule has 43 heavy (non-hydrogen) atoms. The largest absolute Gasteiger partial charge is 0.338 e.